The molecule has 1 fully saturated rings. The van der Waals surface area contributed by atoms with E-state index in [-0.39, 0.29) is 5.92 Å². The molecule has 2 N–H and O–H groups in total. The van der Waals surface area contributed by atoms with E-state index in [1.54, 1.807) is 0 Å². The van der Waals surface area contributed by atoms with Gasteiger partial charge in [-0.1, -0.05) is 12.8 Å². The van der Waals surface area contributed by atoms with Gasteiger partial charge >= 0.3 is 0 Å². The molecule has 0 aromatic rings. The number of nitrogens with two attached hydrogens (primary N) is 1. The fourth-order valence-electron chi connectivity index (χ4n) is 2.30. The summed E-state index contributed by atoms with van der Waals surface area (Å²) in [6.07, 6.45) is 4.87. The normalized spacial score (nSPS) is 29.9. The van der Waals surface area contributed by atoms with Crippen LogP contribution in [0.4, 0.5) is 0 Å². The summed E-state index contributed by atoms with van der Waals surface area (Å²) in [7, 11) is 2.09. The molecule has 0 heterocycles. The monoisotopic (exact) mass is 195 g/mol. The van der Waals surface area contributed by atoms with Crippen LogP contribution < -0.4 is 5.73 Å². The smallest absolute Gasteiger partial charge is 0.0666 e. The van der Waals surface area contributed by atoms with Crippen LogP contribution in [-0.2, 0) is 0 Å². The molecular weight excluding hydrogens is 174 g/mol. The van der Waals surface area contributed by atoms with Gasteiger partial charge in [0, 0.05) is 18.6 Å². The molecule has 3 unspecified atom stereocenters. The van der Waals surface area contributed by atoms with Gasteiger partial charge in [-0.05, 0) is 26.8 Å². The third-order valence-corrected chi connectivity index (χ3v) is 3.13. The number of nitrogens with zero attached hydrogens (tertiary/aromatic N) is 2. The largest absolute Gasteiger partial charge is 0.326 e. The topological polar surface area (TPSA) is 53.0 Å². The summed E-state index contributed by atoms with van der Waals surface area (Å²) in [5, 5.41) is 8.74. The summed E-state index contributed by atoms with van der Waals surface area (Å²) in [4.78, 5) is 2.26. The Bertz CT molecular complexity index is 209. The number of hydrogen-bond donors (Lipinski definition) is 1. The van der Waals surface area contributed by atoms with Crippen LogP contribution >= 0.6 is 0 Å². The second kappa shape index (κ2) is 5.33. The Morgan fingerprint density at radius 1 is 1.50 bits per heavy atom. The number of hydrogen-bond acceptors (Lipinski definition) is 3. The third-order valence-electron chi connectivity index (χ3n) is 3.13. The summed E-state index contributed by atoms with van der Waals surface area (Å²) in [6.45, 7) is 2.81. The van der Waals surface area contributed by atoms with Crippen LogP contribution in [0.25, 0.3) is 0 Å². The molecule has 0 aliphatic heterocycles. The molecule has 0 spiro atoms. The van der Waals surface area contributed by atoms with Gasteiger partial charge < -0.3 is 10.6 Å². The van der Waals surface area contributed by atoms with E-state index in [2.05, 4.69) is 18.0 Å². The van der Waals surface area contributed by atoms with Crippen molar-refractivity contribution < 1.29 is 0 Å². The maximum Gasteiger partial charge on any atom is 0.0666 e. The lowest BCUT2D eigenvalue weighted by molar-refractivity contribution is 0.160. The highest BCUT2D eigenvalue weighted by Gasteiger charge is 2.25. The zero-order valence-electron chi connectivity index (χ0n) is 9.24. The Kier molecular flexibility index (Phi) is 4.37. The molecule has 1 rings (SSSR count). The summed E-state index contributed by atoms with van der Waals surface area (Å²) < 4.78 is 0. The lowest BCUT2D eigenvalue weighted by Gasteiger charge is -2.36. The van der Waals surface area contributed by atoms with E-state index in [9.17, 15) is 0 Å². The van der Waals surface area contributed by atoms with E-state index < -0.39 is 0 Å². The zero-order valence-corrected chi connectivity index (χ0v) is 9.24. The number of nitriles is 1. The average molecular weight is 195 g/mol. The predicted octanol–water partition coefficient (Wildman–Crippen LogP) is 1.35. The Labute approximate surface area is 86.9 Å². The molecule has 0 amide bonds. The highest BCUT2D eigenvalue weighted by atomic mass is 15.1. The van der Waals surface area contributed by atoms with Crippen LogP contribution in [0.1, 0.15) is 32.6 Å². The number of likely N-dealkylation sites (N-methyl/N-ethyl adjacent to an activating group) is 1. The predicted molar refractivity (Wildman–Crippen MR) is 57.6 cm³/mol. The number of rotatable bonds is 3. The van der Waals surface area contributed by atoms with Gasteiger partial charge in [0.25, 0.3) is 0 Å². The van der Waals surface area contributed by atoms with Gasteiger partial charge in [0.15, 0.2) is 0 Å². The van der Waals surface area contributed by atoms with Gasteiger partial charge in [0.2, 0.25) is 0 Å². The third kappa shape index (κ3) is 2.97. The molecule has 1 aliphatic carbocycles. The van der Waals surface area contributed by atoms with Crippen molar-refractivity contribution in [3.63, 3.8) is 0 Å². The highest BCUT2D eigenvalue weighted by Crippen LogP contribution is 2.21. The van der Waals surface area contributed by atoms with Gasteiger partial charge in [-0.25, -0.2) is 0 Å². The Balaban J connectivity index is 2.42. The molecule has 0 bridgehead atoms. The summed E-state index contributed by atoms with van der Waals surface area (Å²) >= 11 is 0. The Hall–Kier alpha value is -0.590. The standard InChI is InChI=1S/C11H21N3/c1-9(7-12)8-14(2)11-6-4-3-5-10(11)13/h9-11H,3-6,8,13H2,1-2H3. The van der Waals surface area contributed by atoms with Crippen molar-refractivity contribution in [1.82, 2.24) is 4.90 Å². The van der Waals surface area contributed by atoms with Crippen LogP contribution in [-0.4, -0.2) is 30.6 Å². The molecule has 1 aliphatic rings. The Morgan fingerprint density at radius 2 is 2.14 bits per heavy atom. The first kappa shape index (κ1) is 11.5. The SMILES string of the molecule is CC(C#N)CN(C)C1CCCCC1N. The zero-order chi connectivity index (χ0) is 10.6. The molecular formula is C11H21N3. The summed E-state index contributed by atoms with van der Waals surface area (Å²) in [5.74, 6) is 0.106. The van der Waals surface area contributed by atoms with Crippen molar-refractivity contribution >= 4 is 0 Å². The fourth-order valence-corrected chi connectivity index (χ4v) is 2.30. The molecule has 80 valence electrons. The second-order valence-electron chi connectivity index (χ2n) is 4.49. The van der Waals surface area contributed by atoms with Gasteiger partial charge in [-0.2, -0.15) is 5.26 Å². The van der Waals surface area contributed by atoms with E-state index in [4.69, 9.17) is 11.0 Å². The van der Waals surface area contributed by atoms with Crippen LogP contribution in [0, 0.1) is 17.2 Å². The van der Waals surface area contributed by atoms with Crippen LogP contribution in [0.5, 0.6) is 0 Å². The van der Waals surface area contributed by atoms with Crippen molar-refractivity contribution in [1.29, 1.82) is 5.26 Å². The van der Waals surface area contributed by atoms with Crippen molar-refractivity contribution in [3.05, 3.63) is 0 Å². The summed E-state index contributed by atoms with van der Waals surface area (Å²) in [5.41, 5.74) is 6.07. The molecule has 3 heteroatoms. The van der Waals surface area contributed by atoms with Gasteiger partial charge in [0.1, 0.15) is 0 Å². The second-order valence-corrected chi connectivity index (χ2v) is 4.49. The average Bonchev–Trinajstić information content (AvgIpc) is 2.18. The van der Waals surface area contributed by atoms with E-state index in [1.165, 1.54) is 19.3 Å². The van der Waals surface area contributed by atoms with E-state index in [0.29, 0.717) is 12.1 Å². The molecule has 0 radical (unpaired) electrons. The molecule has 0 aromatic carbocycles. The van der Waals surface area contributed by atoms with Crippen molar-refractivity contribution in [2.75, 3.05) is 13.6 Å². The van der Waals surface area contributed by atoms with E-state index in [1.807, 2.05) is 6.92 Å². The Morgan fingerprint density at radius 3 is 2.71 bits per heavy atom. The lowest BCUT2D eigenvalue weighted by Crippen LogP contribution is -2.48. The van der Waals surface area contributed by atoms with Crippen LogP contribution in [0.3, 0.4) is 0 Å². The first-order valence-electron chi connectivity index (χ1n) is 5.50. The molecule has 14 heavy (non-hydrogen) atoms. The van der Waals surface area contributed by atoms with E-state index in [0.717, 1.165) is 13.0 Å². The van der Waals surface area contributed by atoms with Crippen molar-refractivity contribution in [2.24, 2.45) is 11.7 Å². The van der Waals surface area contributed by atoms with Crippen molar-refractivity contribution in [3.8, 4) is 6.07 Å². The van der Waals surface area contributed by atoms with Gasteiger partial charge in [0.05, 0.1) is 12.0 Å². The van der Waals surface area contributed by atoms with E-state index >= 15 is 0 Å². The lowest BCUT2D eigenvalue weighted by atomic mass is 9.90. The first-order chi connectivity index (χ1) is 6.65. The molecule has 0 saturated heterocycles. The fraction of sp³-hybridized carbons (Fsp3) is 0.909. The molecule has 3 nitrogen and oxygen atoms in total. The quantitative estimate of drug-likeness (QED) is 0.739. The molecule has 0 aromatic heterocycles. The maximum atomic E-state index is 8.74. The highest BCUT2D eigenvalue weighted by molar-refractivity contribution is 4.88. The molecule has 3 atom stereocenters. The minimum Gasteiger partial charge on any atom is -0.326 e. The van der Waals surface area contributed by atoms with Crippen LogP contribution in [0.2, 0.25) is 0 Å². The summed E-state index contributed by atoms with van der Waals surface area (Å²) in [6, 6.07) is 3.06. The minimum atomic E-state index is 0.106. The van der Waals surface area contributed by atoms with Crippen molar-refractivity contribution in [2.45, 2.75) is 44.7 Å². The van der Waals surface area contributed by atoms with Gasteiger partial charge in [-0.3, -0.25) is 0 Å². The van der Waals surface area contributed by atoms with Gasteiger partial charge in [-0.15, -0.1) is 0 Å². The molecule has 1 saturated carbocycles. The van der Waals surface area contributed by atoms with Crippen LogP contribution in [0.15, 0.2) is 0 Å². The first-order valence-corrected chi connectivity index (χ1v) is 5.50. The maximum absolute atomic E-state index is 8.74. The minimum absolute atomic E-state index is 0.106.